The van der Waals surface area contributed by atoms with Crippen molar-refractivity contribution < 1.29 is 8.42 Å². The SMILES string of the molecule is O=S(=O)(NN1CCCCC1)c1ccc2c(c1)N=Cc1c(cccc1-c1ccc(Cl)cc1)S2. The largest absolute Gasteiger partial charge is 0.255 e. The highest BCUT2D eigenvalue weighted by Crippen LogP contribution is 2.42. The molecule has 0 spiro atoms. The second-order valence-electron chi connectivity index (χ2n) is 7.86. The monoisotopic (exact) mass is 483 g/mol. The van der Waals surface area contributed by atoms with Gasteiger partial charge in [-0.3, -0.25) is 4.99 Å². The minimum Gasteiger partial charge on any atom is -0.255 e. The van der Waals surface area contributed by atoms with E-state index < -0.39 is 10.0 Å². The number of fused-ring (bicyclic) bond motifs is 2. The molecule has 0 aliphatic carbocycles. The van der Waals surface area contributed by atoms with Gasteiger partial charge in [-0.15, -0.1) is 4.83 Å². The van der Waals surface area contributed by atoms with Crippen LogP contribution >= 0.6 is 23.4 Å². The van der Waals surface area contributed by atoms with E-state index in [2.05, 4.69) is 22.0 Å². The van der Waals surface area contributed by atoms with Gasteiger partial charge >= 0.3 is 0 Å². The van der Waals surface area contributed by atoms with Crippen LogP contribution in [0.2, 0.25) is 5.02 Å². The summed E-state index contributed by atoms with van der Waals surface area (Å²) < 4.78 is 25.9. The third kappa shape index (κ3) is 4.49. The average Bonchev–Trinajstić information content (AvgIpc) is 2.99. The van der Waals surface area contributed by atoms with Crippen LogP contribution in [0.5, 0.6) is 0 Å². The molecule has 8 heteroatoms. The van der Waals surface area contributed by atoms with Crippen LogP contribution in [0.25, 0.3) is 11.1 Å². The fourth-order valence-corrected chi connectivity index (χ4v) is 6.24. The van der Waals surface area contributed by atoms with E-state index in [1.165, 1.54) is 0 Å². The fourth-order valence-electron chi connectivity index (χ4n) is 3.96. The number of rotatable bonds is 4. The molecule has 0 saturated carbocycles. The molecule has 5 nitrogen and oxygen atoms in total. The Morgan fingerprint density at radius 2 is 1.72 bits per heavy atom. The summed E-state index contributed by atoms with van der Waals surface area (Å²) in [5.74, 6) is 0. The number of nitrogens with zero attached hydrogens (tertiary/aromatic N) is 2. The summed E-state index contributed by atoms with van der Waals surface area (Å²) in [6, 6.07) is 19.0. The number of halogens is 1. The number of sulfonamides is 1. The first kappa shape index (κ1) is 21.7. The lowest BCUT2D eigenvalue weighted by Crippen LogP contribution is -2.44. The Bertz CT molecular complexity index is 1290. The van der Waals surface area contributed by atoms with Crippen molar-refractivity contribution in [3.63, 3.8) is 0 Å². The van der Waals surface area contributed by atoms with Crippen LogP contribution in [0.15, 0.2) is 80.3 Å². The predicted molar refractivity (Wildman–Crippen MR) is 130 cm³/mol. The molecule has 164 valence electrons. The maximum atomic E-state index is 12.9. The zero-order valence-electron chi connectivity index (χ0n) is 17.3. The number of hydrogen-bond acceptors (Lipinski definition) is 5. The summed E-state index contributed by atoms with van der Waals surface area (Å²) >= 11 is 7.65. The highest BCUT2D eigenvalue weighted by atomic mass is 35.5. The van der Waals surface area contributed by atoms with Crippen molar-refractivity contribution >= 4 is 45.3 Å². The Balaban J connectivity index is 1.48. The Morgan fingerprint density at radius 1 is 0.938 bits per heavy atom. The highest BCUT2D eigenvalue weighted by Gasteiger charge is 2.22. The predicted octanol–water partition coefficient (Wildman–Crippen LogP) is 5.90. The lowest BCUT2D eigenvalue weighted by atomic mass is 10.0. The molecule has 0 amide bonds. The zero-order valence-corrected chi connectivity index (χ0v) is 19.7. The molecule has 2 aliphatic heterocycles. The molecule has 3 aromatic rings. The van der Waals surface area contributed by atoms with Crippen molar-refractivity contribution in [3.8, 4) is 11.1 Å². The Labute approximate surface area is 197 Å². The maximum Gasteiger partial charge on any atom is 0.253 e. The van der Waals surface area contributed by atoms with Gasteiger partial charge in [-0.25, -0.2) is 13.4 Å². The second kappa shape index (κ2) is 9.00. The number of piperidine rings is 1. The van der Waals surface area contributed by atoms with Crippen LogP contribution < -0.4 is 4.83 Å². The number of nitrogens with one attached hydrogen (secondary N) is 1. The van der Waals surface area contributed by atoms with Crippen molar-refractivity contribution in [1.82, 2.24) is 9.84 Å². The Hall–Kier alpha value is -2.16. The van der Waals surface area contributed by atoms with Gasteiger partial charge in [0, 0.05) is 39.7 Å². The van der Waals surface area contributed by atoms with Crippen molar-refractivity contribution in [1.29, 1.82) is 0 Å². The van der Waals surface area contributed by atoms with Gasteiger partial charge in [-0.05, 0) is 60.4 Å². The van der Waals surface area contributed by atoms with E-state index in [1.54, 1.807) is 28.9 Å². The molecule has 0 radical (unpaired) electrons. The Morgan fingerprint density at radius 3 is 2.50 bits per heavy atom. The van der Waals surface area contributed by atoms with Crippen LogP contribution in [0.4, 0.5) is 5.69 Å². The van der Waals surface area contributed by atoms with Crippen LogP contribution in [0, 0.1) is 0 Å². The third-order valence-corrected chi connectivity index (χ3v) is 8.39. The van der Waals surface area contributed by atoms with Crippen LogP contribution in [0.3, 0.4) is 0 Å². The third-order valence-electron chi connectivity index (χ3n) is 5.62. The van der Waals surface area contributed by atoms with Gasteiger partial charge in [0.05, 0.1) is 10.6 Å². The lowest BCUT2D eigenvalue weighted by Gasteiger charge is -2.26. The number of benzene rings is 3. The molecule has 5 rings (SSSR count). The van der Waals surface area contributed by atoms with Gasteiger partial charge in [0.25, 0.3) is 10.0 Å². The van der Waals surface area contributed by atoms with E-state index in [-0.39, 0.29) is 4.90 Å². The maximum absolute atomic E-state index is 12.9. The van der Waals surface area contributed by atoms with Gasteiger partial charge < -0.3 is 0 Å². The lowest BCUT2D eigenvalue weighted by molar-refractivity contribution is 0.200. The number of hydrazine groups is 1. The molecule has 32 heavy (non-hydrogen) atoms. The van der Waals surface area contributed by atoms with E-state index in [0.29, 0.717) is 10.7 Å². The normalized spacial score (nSPS) is 16.3. The molecule has 3 aromatic carbocycles. The molecular weight excluding hydrogens is 462 g/mol. The average molecular weight is 484 g/mol. The zero-order chi connectivity index (χ0) is 22.1. The van der Waals surface area contributed by atoms with Crippen molar-refractivity contribution in [2.45, 2.75) is 33.9 Å². The standard InChI is InChI=1S/C24H22ClN3O2S2/c25-18-9-7-17(8-10-18)20-5-4-6-23-21(20)16-26-22-15-19(11-12-24(22)31-23)32(29,30)27-28-13-2-1-3-14-28/h4-12,15-16,27H,1-3,13-14H2. The molecule has 2 heterocycles. The Kier molecular flexibility index (Phi) is 6.09. The second-order valence-corrected chi connectivity index (χ2v) is 11.0. The molecule has 0 atom stereocenters. The molecule has 0 bridgehead atoms. The smallest absolute Gasteiger partial charge is 0.253 e. The summed E-state index contributed by atoms with van der Waals surface area (Å²) in [5, 5.41) is 2.48. The van der Waals surface area contributed by atoms with Crippen molar-refractivity contribution in [2.75, 3.05) is 13.1 Å². The van der Waals surface area contributed by atoms with E-state index in [0.717, 1.165) is 58.8 Å². The summed E-state index contributed by atoms with van der Waals surface area (Å²) in [7, 11) is -3.65. The van der Waals surface area contributed by atoms with Crippen LogP contribution in [-0.2, 0) is 10.0 Å². The first-order chi connectivity index (χ1) is 15.5. The van der Waals surface area contributed by atoms with E-state index in [9.17, 15) is 8.42 Å². The highest BCUT2D eigenvalue weighted by molar-refractivity contribution is 7.99. The summed E-state index contributed by atoms with van der Waals surface area (Å²) in [6.07, 6.45) is 4.97. The van der Waals surface area contributed by atoms with Gasteiger partial charge in [-0.1, -0.05) is 54.0 Å². The van der Waals surface area contributed by atoms with Gasteiger partial charge in [0.2, 0.25) is 0 Å². The summed E-state index contributed by atoms with van der Waals surface area (Å²) in [6.45, 7) is 1.47. The van der Waals surface area contributed by atoms with Crippen LogP contribution in [0.1, 0.15) is 24.8 Å². The first-order valence-electron chi connectivity index (χ1n) is 10.5. The topological polar surface area (TPSA) is 61.8 Å². The molecule has 1 N–H and O–H groups in total. The fraction of sp³-hybridized carbons (Fsp3) is 0.208. The summed E-state index contributed by atoms with van der Waals surface area (Å²) in [4.78, 5) is 9.62. The van der Waals surface area contributed by atoms with E-state index >= 15 is 0 Å². The van der Waals surface area contributed by atoms with Gasteiger partial charge in [0.15, 0.2) is 0 Å². The minimum atomic E-state index is -3.65. The molecule has 1 fully saturated rings. The molecular formula is C24H22ClN3O2S2. The molecule has 1 saturated heterocycles. The minimum absolute atomic E-state index is 0.225. The van der Waals surface area contributed by atoms with Gasteiger partial charge in [-0.2, -0.15) is 0 Å². The number of hydrogen-bond donors (Lipinski definition) is 1. The van der Waals surface area contributed by atoms with Crippen molar-refractivity contribution in [3.05, 3.63) is 71.2 Å². The quantitative estimate of drug-likeness (QED) is 0.392. The molecule has 2 aliphatic rings. The molecule has 0 aromatic heterocycles. The summed E-state index contributed by atoms with van der Waals surface area (Å²) in [5.41, 5.74) is 3.77. The van der Waals surface area contributed by atoms with E-state index in [4.69, 9.17) is 11.6 Å². The molecule has 0 unspecified atom stereocenters. The first-order valence-corrected chi connectivity index (χ1v) is 13.2. The number of aliphatic imine (C=N–C) groups is 1. The van der Waals surface area contributed by atoms with Crippen LogP contribution in [-0.4, -0.2) is 32.7 Å². The van der Waals surface area contributed by atoms with E-state index in [1.807, 2.05) is 42.6 Å². The van der Waals surface area contributed by atoms with Crippen molar-refractivity contribution in [2.24, 2.45) is 4.99 Å². The van der Waals surface area contributed by atoms with Gasteiger partial charge in [0.1, 0.15) is 0 Å².